The van der Waals surface area contributed by atoms with Gasteiger partial charge in [0.1, 0.15) is 6.10 Å². The highest BCUT2D eigenvalue weighted by atomic mass is 16.5. The summed E-state index contributed by atoms with van der Waals surface area (Å²) in [5, 5.41) is 0.744. The highest BCUT2D eigenvalue weighted by Gasteiger charge is 2.23. The molecule has 76 valence electrons. The molecule has 0 radical (unpaired) electrons. The van der Waals surface area contributed by atoms with Crippen LogP contribution in [0.4, 0.5) is 0 Å². The lowest BCUT2D eigenvalue weighted by Crippen LogP contribution is -2.09. The lowest BCUT2D eigenvalue weighted by atomic mass is 10.1. The molecule has 1 aliphatic rings. The second-order valence-corrected chi connectivity index (χ2v) is 3.94. The molecule has 1 atom stereocenters. The van der Waals surface area contributed by atoms with Crippen LogP contribution in [0.15, 0.2) is 29.1 Å². The van der Waals surface area contributed by atoms with E-state index in [1.54, 1.807) is 0 Å². The molecular weight excluding hydrogens is 190 g/mol. The summed E-state index contributed by atoms with van der Waals surface area (Å²) in [6.45, 7) is 1.97. The summed E-state index contributed by atoms with van der Waals surface area (Å²) in [4.78, 5) is 15.2. The Balaban J connectivity index is 2.40. The first-order valence-corrected chi connectivity index (χ1v) is 5.06. The van der Waals surface area contributed by atoms with Crippen LogP contribution < -0.4 is 10.2 Å². The van der Waals surface area contributed by atoms with Crippen molar-refractivity contribution in [1.82, 2.24) is 4.98 Å². The fourth-order valence-electron chi connectivity index (χ4n) is 2.07. The maximum absolute atomic E-state index is 12.1. The summed E-state index contributed by atoms with van der Waals surface area (Å²) in [5.41, 5.74) is 1.72. The summed E-state index contributed by atoms with van der Waals surface area (Å²) in [6.07, 6.45) is 0.802. The number of rotatable bonds is 0. The van der Waals surface area contributed by atoms with Gasteiger partial charge in [0.2, 0.25) is 0 Å². The second-order valence-electron chi connectivity index (χ2n) is 3.94. The summed E-state index contributed by atoms with van der Waals surface area (Å²) < 4.78 is 5.54. The van der Waals surface area contributed by atoms with E-state index in [1.807, 2.05) is 31.2 Å². The maximum Gasteiger partial charge on any atom is 0.198 e. The van der Waals surface area contributed by atoms with E-state index < -0.39 is 0 Å². The Bertz CT molecular complexity index is 586. The number of fused-ring (bicyclic) bond motifs is 2. The first-order valence-electron chi connectivity index (χ1n) is 5.06. The van der Waals surface area contributed by atoms with Crippen molar-refractivity contribution in [2.24, 2.45) is 0 Å². The van der Waals surface area contributed by atoms with E-state index in [2.05, 4.69) is 4.98 Å². The number of benzene rings is 1. The Morgan fingerprint density at radius 3 is 3.07 bits per heavy atom. The van der Waals surface area contributed by atoms with Crippen molar-refractivity contribution < 1.29 is 4.74 Å². The third-order valence-corrected chi connectivity index (χ3v) is 2.78. The van der Waals surface area contributed by atoms with Crippen LogP contribution in [0.1, 0.15) is 12.5 Å². The average molecular weight is 201 g/mol. The smallest absolute Gasteiger partial charge is 0.198 e. The van der Waals surface area contributed by atoms with Gasteiger partial charge < -0.3 is 9.72 Å². The summed E-state index contributed by atoms with van der Waals surface area (Å²) in [5.74, 6) is 0.645. The summed E-state index contributed by atoms with van der Waals surface area (Å²) in [6, 6.07) is 7.52. The minimum atomic E-state index is 0.0979. The fraction of sp³-hybridized carbons (Fsp3) is 0.250. The van der Waals surface area contributed by atoms with E-state index in [4.69, 9.17) is 4.74 Å². The zero-order valence-electron chi connectivity index (χ0n) is 8.41. The van der Waals surface area contributed by atoms with E-state index in [0.29, 0.717) is 12.3 Å². The lowest BCUT2D eigenvalue weighted by Gasteiger charge is -2.03. The van der Waals surface area contributed by atoms with Crippen molar-refractivity contribution in [3.63, 3.8) is 0 Å². The van der Waals surface area contributed by atoms with Crippen molar-refractivity contribution in [1.29, 1.82) is 0 Å². The molecule has 2 aromatic rings. The monoisotopic (exact) mass is 201 g/mol. The van der Waals surface area contributed by atoms with Crippen molar-refractivity contribution >= 4 is 10.9 Å². The van der Waals surface area contributed by atoms with E-state index in [1.165, 1.54) is 0 Å². The quantitative estimate of drug-likeness (QED) is 0.706. The van der Waals surface area contributed by atoms with Crippen molar-refractivity contribution in [3.8, 4) is 5.88 Å². The van der Waals surface area contributed by atoms with E-state index >= 15 is 0 Å². The molecule has 0 fully saturated rings. The summed E-state index contributed by atoms with van der Waals surface area (Å²) in [7, 11) is 0. The Kier molecular flexibility index (Phi) is 1.63. The van der Waals surface area contributed by atoms with Gasteiger partial charge >= 0.3 is 0 Å². The number of aromatic amines is 1. The number of pyridine rings is 1. The SMILES string of the molecule is C[C@@H]1Cc2c([nH]c3ccccc3c2=O)O1. The molecule has 1 N–H and O–H groups in total. The molecule has 0 aliphatic carbocycles. The van der Waals surface area contributed by atoms with Crippen LogP contribution >= 0.6 is 0 Å². The normalized spacial score (nSPS) is 18.9. The number of hydrogen-bond donors (Lipinski definition) is 1. The highest BCUT2D eigenvalue weighted by Crippen LogP contribution is 2.25. The molecule has 3 rings (SSSR count). The molecule has 2 heterocycles. The molecule has 0 unspecified atom stereocenters. The molecule has 1 aromatic carbocycles. The van der Waals surface area contributed by atoms with Crippen LogP contribution in [0.5, 0.6) is 5.88 Å². The van der Waals surface area contributed by atoms with Gasteiger partial charge in [0.15, 0.2) is 11.3 Å². The molecule has 3 heteroatoms. The molecule has 15 heavy (non-hydrogen) atoms. The van der Waals surface area contributed by atoms with Gasteiger partial charge in [0.25, 0.3) is 0 Å². The number of ether oxygens (including phenoxy) is 1. The van der Waals surface area contributed by atoms with E-state index in [-0.39, 0.29) is 11.5 Å². The molecule has 0 saturated heterocycles. The van der Waals surface area contributed by atoms with Crippen LogP contribution in [-0.2, 0) is 6.42 Å². The van der Waals surface area contributed by atoms with Crippen LogP contribution in [-0.4, -0.2) is 11.1 Å². The summed E-state index contributed by atoms with van der Waals surface area (Å²) >= 11 is 0. The van der Waals surface area contributed by atoms with Gasteiger partial charge in [-0.2, -0.15) is 0 Å². The molecule has 0 bridgehead atoms. The van der Waals surface area contributed by atoms with Gasteiger partial charge in [0, 0.05) is 11.8 Å². The molecule has 0 amide bonds. The van der Waals surface area contributed by atoms with Crippen LogP contribution in [0.2, 0.25) is 0 Å². The molecule has 0 saturated carbocycles. The Morgan fingerprint density at radius 1 is 1.40 bits per heavy atom. The fourth-order valence-corrected chi connectivity index (χ4v) is 2.07. The van der Waals surface area contributed by atoms with Crippen LogP contribution in [0.25, 0.3) is 10.9 Å². The van der Waals surface area contributed by atoms with Gasteiger partial charge in [-0.15, -0.1) is 0 Å². The predicted molar refractivity (Wildman–Crippen MR) is 58.4 cm³/mol. The first-order chi connectivity index (χ1) is 7.25. The molecule has 1 aliphatic heterocycles. The van der Waals surface area contributed by atoms with E-state index in [0.717, 1.165) is 16.5 Å². The number of para-hydroxylation sites is 1. The Morgan fingerprint density at radius 2 is 2.20 bits per heavy atom. The molecule has 1 aromatic heterocycles. The van der Waals surface area contributed by atoms with Gasteiger partial charge in [-0.25, -0.2) is 0 Å². The standard InChI is InChI=1S/C12H11NO2/c1-7-6-9-11(14)8-4-2-3-5-10(8)13-12(9)15-7/h2-5,7H,6H2,1H3,(H,13,14)/t7-/m1/s1. The number of aromatic nitrogens is 1. The minimum Gasteiger partial charge on any atom is -0.475 e. The maximum atomic E-state index is 12.1. The largest absolute Gasteiger partial charge is 0.475 e. The molecule has 0 spiro atoms. The van der Waals surface area contributed by atoms with E-state index in [9.17, 15) is 4.79 Å². The molecule has 3 nitrogen and oxygen atoms in total. The topological polar surface area (TPSA) is 42.1 Å². The van der Waals surface area contributed by atoms with Gasteiger partial charge in [-0.3, -0.25) is 4.79 Å². The lowest BCUT2D eigenvalue weighted by molar-refractivity contribution is 0.247. The predicted octanol–water partition coefficient (Wildman–Crippen LogP) is 1.85. The number of nitrogens with one attached hydrogen (secondary N) is 1. The molecular formula is C12H11NO2. The van der Waals surface area contributed by atoms with Crippen molar-refractivity contribution in [2.75, 3.05) is 0 Å². The third kappa shape index (κ3) is 1.16. The number of H-pyrrole nitrogens is 1. The van der Waals surface area contributed by atoms with Crippen LogP contribution in [0, 0.1) is 0 Å². The highest BCUT2D eigenvalue weighted by molar-refractivity contribution is 5.80. The van der Waals surface area contributed by atoms with Gasteiger partial charge in [-0.1, -0.05) is 12.1 Å². The van der Waals surface area contributed by atoms with Gasteiger partial charge in [-0.05, 0) is 19.1 Å². The Labute approximate surface area is 86.7 Å². The van der Waals surface area contributed by atoms with Crippen molar-refractivity contribution in [3.05, 3.63) is 40.1 Å². The average Bonchev–Trinajstić information content (AvgIpc) is 2.59. The van der Waals surface area contributed by atoms with Crippen LogP contribution in [0.3, 0.4) is 0 Å². The first kappa shape index (κ1) is 8.53. The second kappa shape index (κ2) is 2.86. The zero-order valence-corrected chi connectivity index (χ0v) is 8.41. The van der Waals surface area contributed by atoms with Gasteiger partial charge in [0.05, 0.1) is 11.1 Å². The zero-order chi connectivity index (χ0) is 10.4. The minimum absolute atomic E-state index is 0.0979. The van der Waals surface area contributed by atoms with Crippen molar-refractivity contribution in [2.45, 2.75) is 19.4 Å². The third-order valence-electron chi connectivity index (χ3n) is 2.78. The Hall–Kier alpha value is -1.77. The number of hydrogen-bond acceptors (Lipinski definition) is 2.